The highest BCUT2D eigenvalue weighted by Gasteiger charge is 2.22. The van der Waals surface area contributed by atoms with Gasteiger partial charge < -0.3 is 9.80 Å². The zero-order chi connectivity index (χ0) is 17.1. The fraction of sp³-hybridized carbons (Fsp3) is 0.250. The van der Waals surface area contributed by atoms with Gasteiger partial charge in [-0.25, -0.2) is 4.98 Å². The highest BCUT2D eigenvalue weighted by molar-refractivity contribution is 9.10. The van der Waals surface area contributed by atoms with E-state index in [4.69, 9.17) is 0 Å². The third kappa shape index (κ3) is 3.16. The van der Waals surface area contributed by atoms with Gasteiger partial charge in [-0.3, -0.25) is 10.1 Å². The molecule has 7 nitrogen and oxygen atoms in total. The standard InChI is InChI=1S/C16H14BrN5O2/c17-14-10-13(22(23)24)3-4-15(14)20-6-8-21(9-7-20)16-12(11-18)2-1-5-19-16/h1-5,10H,6-9H2. The molecule has 0 radical (unpaired) electrons. The van der Waals surface area contributed by atoms with Crippen LogP contribution < -0.4 is 9.80 Å². The zero-order valence-electron chi connectivity index (χ0n) is 12.7. The summed E-state index contributed by atoms with van der Waals surface area (Å²) in [5.74, 6) is 0.711. The predicted octanol–water partition coefficient (Wildman–Crippen LogP) is 2.95. The summed E-state index contributed by atoms with van der Waals surface area (Å²) in [6.45, 7) is 2.96. The van der Waals surface area contributed by atoms with Crippen LogP contribution in [0.25, 0.3) is 0 Å². The first-order chi connectivity index (χ1) is 11.6. The number of nitrogens with zero attached hydrogens (tertiary/aromatic N) is 5. The van der Waals surface area contributed by atoms with Crippen molar-refractivity contribution in [1.82, 2.24) is 4.98 Å². The molecule has 122 valence electrons. The van der Waals surface area contributed by atoms with E-state index in [0.29, 0.717) is 15.9 Å². The second-order valence-electron chi connectivity index (χ2n) is 5.35. The summed E-state index contributed by atoms with van der Waals surface area (Å²) in [7, 11) is 0. The maximum Gasteiger partial charge on any atom is 0.270 e. The Hall–Kier alpha value is -2.66. The summed E-state index contributed by atoms with van der Waals surface area (Å²) in [5, 5.41) is 20.0. The first-order valence-electron chi connectivity index (χ1n) is 7.39. The van der Waals surface area contributed by atoms with Crippen molar-refractivity contribution in [3.8, 4) is 6.07 Å². The summed E-state index contributed by atoms with van der Waals surface area (Å²) in [6.07, 6.45) is 1.69. The van der Waals surface area contributed by atoms with Crippen molar-refractivity contribution in [3.63, 3.8) is 0 Å². The lowest BCUT2D eigenvalue weighted by Gasteiger charge is -2.37. The largest absolute Gasteiger partial charge is 0.367 e. The van der Waals surface area contributed by atoms with Gasteiger partial charge in [0.1, 0.15) is 11.9 Å². The van der Waals surface area contributed by atoms with Gasteiger partial charge in [0.2, 0.25) is 0 Å². The second kappa shape index (κ2) is 6.84. The van der Waals surface area contributed by atoms with Crippen molar-refractivity contribution in [2.75, 3.05) is 36.0 Å². The van der Waals surface area contributed by atoms with Crippen LogP contribution in [0, 0.1) is 21.4 Å². The molecule has 0 bridgehead atoms. The van der Waals surface area contributed by atoms with Gasteiger partial charge in [-0.1, -0.05) is 0 Å². The van der Waals surface area contributed by atoms with Gasteiger partial charge in [0.15, 0.2) is 0 Å². The van der Waals surface area contributed by atoms with E-state index >= 15 is 0 Å². The van der Waals surface area contributed by atoms with E-state index in [0.717, 1.165) is 31.9 Å². The normalized spacial score (nSPS) is 14.3. The second-order valence-corrected chi connectivity index (χ2v) is 6.21. The molecule has 0 amide bonds. The lowest BCUT2D eigenvalue weighted by Crippen LogP contribution is -2.47. The Morgan fingerprint density at radius 3 is 2.54 bits per heavy atom. The Morgan fingerprint density at radius 2 is 1.92 bits per heavy atom. The van der Waals surface area contributed by atoms with Gasteiger partial charge in [-0.15, -0.1) is 0 Å². The molecule has 2 aromatic rings. The number of pyridine rings is 1. The van der Waals surface area contributed by atoms with E-state index in [1.807, 2.05) is 0 Å². The van der Waals surface area contributed by atoms with Crippen LogP contribution in [-0.2, 0) is 0 Å². The molecule has 1 aliphatic heterocycles. The molecule has 0 atom stereocenters. The van der Waals surface area contributed by atoms with Gasteiger partial charge in [0, 0.05) is 49.0 Å². The van der Waals surface area contributed by atoms with E-state index < -0.39 is 4.92 Å². The molecule has 1 saturated heterocycles. The number of halogens is 1. The first kappa shape index (κ1) is 16.2. The Kier molecular flexibility index (Phi) is 4.62. The van der Waals surface area contributed by atoms with Crippen molar-refractivity contribution < 1.29 is 4.92 Å². The van der Waals surface area contributed by atoms with Crippen LogP contribution in [0.3, 0.4) is 0 Å². The zero-order valence-corrected chi connectivity index (χ0v) is 14.3. The number of nitro groups is 1. The smallest absolute Gasteiger partial charge is 0.270 e. The van der Waals surface area contributed by atoms with Gasteiger partial charge >= 0.3 is 0 Å². The lowest BCUT2D eigenvalue weighted by atomic mass is 10.2. The highest BCUT2D eigenvalue weighted by atomic mass is 79.9. The minimum Gasteiger partial charge on any atom is -0.367 e. The first-order valence-corrected chi connectivity index (χ1v) is 8.18. The number of rotatable bonds is 3. The average Bonchev–Trinajstić information content (AvgIpc) is 2.61. The topological polar surface area (TPSA) is 86.3 Å². The van der Waals surface area contributed by atoms with Crippen LogP contribution in [-0.4, -0.2) is 36.1 Å². The minimum atomic E-state index is -0.406. The summed E-state index contributed by atoms with van der Waals surface area (Å²) in [6, 6.07) is 10.5. The highest BCUT2D eigenvalue weighted by Crippen LogP contribution is 2.31. The van der Waals surface area contributed by atoms with E-state index in [2.05, 4.69) is 36.8 Å². The number of benzene rings is 1. The number of nitriles is 1. The van der Waals surface area contributed by atoms with E-state index in [1.165, 1.54) is 12.1 Å². The molecule has 8 heteroatoms. The molecule has 1 fully saturated rings. The van der Waals surface area contributed by atoms with E-state index in [-0.39, 0.29) is 5.69 Å². The molecule has 24 heavy (non-hydrogen) atoms. The molecule has 1 aliphatic rings. The van der Waals surface area contributed by atoms with Crippen molar-refractivity contribution in [3.05, 3.63) is 56.7 Å². The summed E-state index contributed by atoms with van der Waals surface area (Å²) < 4.78 is 0.709. The average molecular weight is 388 g/mol. The SMILES string of the molecule is N#Cc1cccnc1N1CCN(c2ccc([N+](=O)[O-])cc2Br)CC1. The van der Waals surface area contributed by atoms with Gasteiger partial charge in [0.25, 0.3) is 5.69 Å². The molecule has 0 N–H and O–H groups in total. The number of aromatic nitrogens is 1. The van der Waals surface area contributed by atoms with Crippen LogP contribution in [0.15, 0.2) is 41.0 Å². The minimum absolute atomic E-state index is 0.0661. The number of anilines is 2. The van der Waals surface area contributed by atoms with Gasteiger partial charge in [-0.05, 0) is 34.1 Å². The predicted molar refractivity (Wildman–Crippen MR) is 94.2 cm³/mol. The maximum absolute atomic E-state index is 10.8. The molecular weight excluding hydrogens is 374 g/mol. The molecule has 1 aromatic carbocycles. The van der Waals surface area contributed by atoms with Crippen molar-refractivity contribution in [2.24, 2.45) is 0 Å². The third-order valence-electron chi connectivity index (χ3n) is 3.97. The lowest BCUT2D eigenvalue weighted by molar-refractivity contribution is -0.384. The number of hydrogen-bond donors (Lipinski definition) is 0. The monoisotopic (exact) mass is 387 g/mol. The fourth-order valence-electron chi connectivity index (χ4n) is 2.76. The molecule has 0 aliphatic carbocycles. The molecular formula is C16H14BrN5O2. The van der Waals surface area contributed by atoms with Crippen molar-refractivity contribution >= 4 is 33.1 Å². The van der Waals surface area contributed by atoms with Gasteiger partial charge in [0.05, 0.1) is 16.2 Å². The maximum atomic E-state index is 10.8. The number of nitro benzene ring substituents is 1. The summed E-state index contributed by atoms with van der Waals surface area (Å²) in [5.41, 5.74) is 1.57. The molecule has 0 spiro atoms. The molecule has 0 unspecified atom stereocenters. The Morgan fingerprint density at radius 1 is 1.21 bits per heavy atom. The fourth-order valence-corrected chi connectivity index (χ4v) is 3.38. The van der Waals surface area contributed by atoms with Crippen LogP contribution in [0.1, 0.15) is 5.56 Å². The molecule has 3 rings (SSSR count). The van der Waals surface area contributed by atoms with Crippen LogP contribution in [0.2, 0.25) is 0 Å². The number of non-ortho nitro benzene ring substituents is 1. The third-order valence-corrected chi connectivity index (χ3v) is 4.60. The van der Waals surface area contributed by atoms with E-state index in [9.17, 15) is 15.4 Å². The van der Waals surface area contributed by atoms with Crippen LogP contribution >= 0.6 is 15.9 Å². The Balaban J connectivity index is 1.74. The Bertz CT molecular complexity index is 812. The molecule has 0 saturated carbocycles. The molecule has 2 heterocycles. The number of hydrogen-bond acceptors (Lipinski definition) is 6. The van der Waals surface area contributed by atoms with Crippen molar-refractivity contribution in [2.45, 2.75) is 0 Å². The Labute approximate surface area is 147 Å². The van der Waals surface area contributed by atoms with Crippen molar-refractivity contribution in [1.29, 1.82) is 5.26 Å². The van der Waals surface area contributed by atoms with Crippen LogP contribution in [0.5, 0.6) is 0 Å². The summed E-state index contributed by atoms with van der Waals surface area (Å²) >= 11 is 3.42. The van der Waals surface area contributed by atoms with Gasteiger partial charge in [-0.2, -0.15) is 5.26 Å². The molecule has 1 aromatic heterocycles. The quantitative estimate of drug-likeness (QED) is 0.594. The van der Waals surface area contributed by atoms with E-state index in [1.54, 1.807) is 24.4 Å². The summed E-state index contributed by atoms with van der Waals surface area (Å²) in [4.78, 5) is 19.0. The number of piperazine rings is 1. The van der Waals surface area contributed by atoms with Crippen LogP contribution in [0.4, 0.5) is 17.2 Å².